The molecule has 3 unspecified atom stereocenters. The Labute approximate surface area is 419 Å². The maximum absolute atomic E-state index is 13.2. The lowest BCUT2D eigenvalue weighted by Gasteiger charge is -2.24. The molecule has 68 heavy (non-hydrogen) atoms. The summed E-state index contributed by atoms with van der Waals surface area (Å²) in [6.07, 6.45) is 74.5. The number of carbonyl (C=O) groups is 2. The minimum absolute atomic E-state index is 0.0178. The van der Waals surface area contributed by atoms with Crippen molar-refractivity contribution in [1.29, 1.82) is 0 Å². The number of allylic oxidation sites excluding steroid dienone is 17. The number of hydrogen-bond donors (Lipinski definition) is 3. The molecule has 1 amide bonds. The van der Waals surface area contributed by atoms with Crippen molar-refractivity contribution in [3.05, 3.63) is 109 Å². The van der Waals surface area contributed by atoms with Crippen molar-refractivity contribution >= 4 is 11.9 Å². The van der Waals surface area contributed by atoms with E-state index in [1.807, 2.05) is 12.2 Å². The van der Waals surface area contributed by atoms with Crippen LogP contribution >= 0.6 is 0 Å². The van der Waals surface area contributed by atoms with E-state index in [0.29, 0.717) is 19.3 Å². The molecule has 0 saturated heterocycles. The maximum atomic E-state index is 13.2. The zero-order valence-electron chi connectivity index (χ0n) is 44.2. The molecule has 0 rings (SSSR count). The molecule has 0 aromatic rings. The molecule has 0 aliphatic carbocycles. The molecule has 0 saturated carbocycles. The molecular formula is C62H105NO5. The molecule has 0 aromatic carbocycles. The van der Waals surface area contributed by atoms with Crippen molar-refractivity contribution in [3.63, 3.8) is 0 Å². The molecule has 0 heterocycles. The van der Waals surface area contributed by atoms with Crippen LogP contribution in [0.4, 0.5) is 0 Å². The first kappa shape index (κ1) is 64.5. The first-order chi connectivity index (χ1) is 33.5. The first-order valence-corrected chi connectivity index (χ1v) is 28.1. The third-order valence-corrected chi connectivity index (χ3v) is 12.1. The van der Waals surface area contributed by atoms with Gasteiger partial charge in [-0.3, -0.25) is 9.59 Å². The summed E-state index contributed by atoms with van der Waals surface area (Å²) in [5.74, 6) is -0.620. The van der Waals surface area contributed by atoms with Crippen LogP contribution in [-0.4, -0.2) is 46.9 Å². The summed E-state index contributed by atoms with van der Waals surface area (Å²) in [5.41, 5.74) is 0. The number of aliphatic hydroxyl groups is 2. The highest BCUT2D eigenvalue weighted by molar-refractivity contribution is 5.77. The number of esters is 1. The highest BCUT2D eigenvalue weighted by Crippen LogP contribution is 2.16. The van der Waals surface area contributed by atoms with Gasteiger partial charge in [0.15, 0.2) is 0 Å². The quantitative estimate of drug-likeness (QED) is 0.0321. The Morgan fingerprint density at radius 2 is 0.824 bits per heavy atom. The van der Waals surface area contributed by atoms with Crippen molar-refractivity contribution in [2.75, 3.05) is 6.61 Å². The SMILES string of the molecule is CC/C=C\C/C=C\C/C=C\C/C=C\C/C=C\CCCCCC(=O)OC(C/C=C\C/C=C\C/C=C\C/C=C\CCCCC)CC(=O)NC(CO)C(O)CCCCCCCCCCCCCCCCC. The van der Waals surface area contributed by atoms with E-state index in [1.165, 1.54) is 96.3 Å². The van der Waals surface area contributed by atoms with Crippen molar-refractivity contribution in [2.45, 2.75) is 264 Å². The van der Waals surface area contributed by atoms with Crippen LogP contribution in [0, 0.1) is 0 Å². The standard InChI is InChI=1S/C62H105NO5/c1-4-7-10-13-16-19-22-25-28-29-30-31-34-37-40-43-46-49-52-55-62(67)68-58(53-50-47-44-41-38-35-32-26-23-20-17-14-11-8-5-2)56-61(66)63-59(57-64)60(65)54-51-48-45-42-39-36-33-27-24-21-18-15-12-9-6-3/h7,10,16-17,19-20,25-26,28,30-32,37-38,40-41,47,50,58-60,64-65H,4-6,8-9,11-15,18,21-24,27,29,33-36,39,42-46,48-49,51-57H2,1-3H3,(H,63,66)/b10-7-,19-16-,20-17-,28-25-,31-30-,32-26-,40-37-,41-38-,50-47-. The smallest absolute Gasteiger partial charge is 0.306 e. The van der Waals surface area contributed by atoms with Crippen LogP contribution in [-0.2, 0) is 14.3 Å². The van der Waals surface area contributed by atoms with Crippen LogP contribution in [0.25, 0.3) is 0 Å². The predicted octanol–water partition coefficient (Wildman–Crippen LogP) is 17.5. The highest BCUT2D eigenvalue weighted by Gasteiger charge is 2.23. The van der Waals surface area contributed by atoms with Gasteiger partial charge >= 0.3 is 5.97 Å². The lowest BCUT2D eigenvalue weighted by molar-refractivity contribution is -0.150. The molecule has 0 spiro atoms. The summed E-state index contributed by atoms with van der Waals surface area (Å²) in [6, 6.07) is -0.745. The number of nitrogens with one attached hydrogen (secondary N) is 1. The van der Waals surface area contributed by atoms with Crippen LogP contribution in [0.3, 0.4) is 0 Å². The molecule has 0 radical (unpaired) electrons. The van der Waals surface area contributed by atoms with E-state index in [1.54, 1.807) is 0 Å². The topological polar surface area (TPSA) is 95.9 Å². The van der Waals surface area contributed by atoms with E-state index in [0.717, 1.165) is 103 Å². The summed E-state index contributed by atoms with van der Waals surface area (Å²) < 4.78 is 5.87. The van der Waals surface area contributed by atoms with Crippen molar-refractivity contribution in [1.82, 2.24) is 5.32 Å². The number of carbonyl (C=O) groups excluding carboxylic acids is 2. The van der Waals surface area contributed by atoms with Crippen LogP contribution in [0.2, 0.25) is 0 Å². The Hall–Kier alpha value is -3.48. The van der Waals surface area contributed by atoms with E-state index in [2.05, 4.69) is 123 Å². The third kappa shape index (κ3) is 49.0. The van der Waals surface area contributed by atoms with E-state index in [-0.39, 0.29) is 24.9 Å². The average Bonchev–Trinajstić information content (AvgIpc) is 3.33. The zero-order valence-corrected chi connectivity index (χ0v) is 44.2. The van der Waals surface area contributed by atoms with Crippen molar-refractivity contribution < 1.29 is 24.5 Å². The highest BCUT2D eigenvalue weighted by atomic mass is 16.5. The number of rotatable bonds is 49. The summed E-state index contributed by atoms with van der Waals surface area (Å²) in [6.45, 7) is 6.31. The molecule has 0 aliphatic rings. The summed E-state index contributed by atoms with van der Waals surface area (Å²) in [4.78, 5) is 26.2. The minimum Gasteiger partial charge on any atom is -0.461 e. The van der Waals surface area contributed by atoms with Gasteiger partial charge in [-0.25, -0.2) is 0 Å². The fourth-order valence-electron chi connectivity index (χ4n) is 7.85. The molecule has 0 aromatic heterocycles. The average molecular weight is 945 g/mol. The van der Waals surface area contributed by atoms with Gasteiger partial charge in [-0.05, 0) is 89.9 Å². The molecule has 0 fully saturated rings. The number of ether oxygens (including phenoxy) is 1. The predicted molar refractivity (Wildman–Crippen MR) is 296 cm³/mol. The van der Waals surface area contributed by atoms with Gasteiger partial charge in [0.2, 0.25) is 5.91 Å². The van der Waals surface area contributed by atoms with Crippen molar-refractivity contribution in [3.8, 4) is 0 Å². The molecule has 0 aliphatic heterocycles. The summed E-state index contributed by atoms with van der Waals surface area (Å²) >= 11 is 0. The van der Waals surface area contributed by atoms with Gasteiger partial charge in [0.25, 0.3) is 0 Å². The number of hydrogen-bond acceptors (Lipinski definition) is 5. The second kappa shape index (κ2) is 54.5. The van der Waals surface area contributed by atoms with E-state index >= 15 is 0 Å². The molecule has 6 nitrogen and oxygen atoms in total. The molecule has 388 valence electrons. The first-order valence-electron chi connectivity index (χ1n) is 28.1. The normalized spacial score (nSPS) is 14.0. The van der Waals surface area contributed by atoms with Gasteiger partial charge in [0.05, 0.1) is 25.2 Å². The second-order valence-electron chi connectivity index (χ2n) is 18.6. The monoisotopic (exact) mass is 944 g/mol. The largest absolute Gasteiger partial charge is 0.461 e. The lowest BCUT2D eigenvalue weighted by Crippen LogP contribution is -2.46. The van der Waals surface area contributed by atoms with E-state index in [4.69, 9.17) is 4.74 Å². The number of aliphatic hydroxyl groups excluding tert-OH is 2. The van der Waals surface area contributed by atoms with Gasteiger partial charge < -0.3 is 20.3 Å². The van der Waals surface area contributed by atoms with Gasteiger partial charge in [0, 0.05) is 12.8 Å². The van der Waals surface area contributed by atoms with Gasteiger partial charge in [-0.2, -0.15) is 0 Å². The zero-order chi connectivity index (χ0) is 49.5. The Bertz CT molecular complexity index is 1380. The molecular weight excluding hydrogens is 839 g/mol. The van der Waals surface area contributed by atoms with Gasteiger partial charge in [-0.15, -0.1) is 0 Å². The van der Waals surface area contributed by atoms with Gasteiger partial charge in [-0.1, -0.05) is 246 Å². The van der Waals surface area contributed by atoms with Gasteiger partial charge in [0.1, 0.15) is 6.10 Å². The summed E-state index contributed by atoms with van der Waals surface area (Å²) in [7, 11) is 0. The third-order valence-electron chi connectivity index (χ3n) is 12.1. The van der Waals surface area contributed by atoms with Crippen LogP contribution in [0.15, 0.2) is 109 Å². The second-order valence-corrected chi connectivity index (χ2v) is 18.6. The minimum atomic E-state index is -0.824. The molecule has 6 heteroatoms. The van der Waals surface area contributed by atoms with Crippen LogP contribution in [0.5, 0.6) is 0 Å². The Morgan fingerprint density at radius 3 is 1.26 bits per heavy atom. The molecule has 3 N–H and O–H groups in total. The number of amides is 1. The fourth-order valence-corrected chi connectivity index (χ4v) is 7.85. The van der Waals surface area contributed by atoms with Crippen LogP contribution in [0.1, 0.15) is 245 Å². The maximum Gasteiger partial charge on any atom is 0.306 e. The Morgan fingerprint density at radius 1 is 0.456 bits per heavy atom. The van der Waals surface area contributed by atoms with E-state index in [9.17, 15) is 19.8 Å². The van der Waals surface area contributed by atoms with Crippen LogP contribution < -0.4 is 5.32 Å². The lowest BCUT2D eigenvalue weighted by atomic mass is 10.0. The van der Waals surface area contributed by atoms with E-state index < -0.39 is 18.2 Å². The van der Waals surface area contributed by atoms with Crippen molar-refractivity contribution in [2.24, 2.45) is 0 Å². The molecule has 3 atom stereocenters. The number of unbranched alkanes of at least 4 members (excludes halogenated alkanes) is 20. The summed E-state index contributed by atoms with van der Waals surface area (Å²) in [5, 5.41) is 23.8. The Kier molecular flexibility index (Phi) is 51.7. The Balaban J connectivity index is 4.75. The molecule has 0 bridgehead atoms. The fraction of sp³-hybridized carbons (Fsp3) is 0.677.